The summed E-state index contributed by atoms with van der Waals surface area (Å²) in [5, 5.41) is 4.48. The summed E-state index contributed by atoms with van der Waals surface area (Å²) in [4.78, 5) is 11.2. The fraction of sp³-hybridized carbons (Fsp3) is 0.150. The van der Waals surface area contributed by atoms with Gasteiger partial charge in [-0.25, -0.2) is 0 Å². The number of carbonyl (C=O) groups is 1. The van der Waals surface area contributed by atoms with E-state index in [0.29, 0.717) is 0 Å². The molecular weight excluding hydrogens is 284 g/mol. The lowest BCUT2D eigenvalue weighted by atomic mass is 10.1. The van der Waals surface area contributed by atoms with E-state index < -0.39 is 0 Å². The number of hydrogen-bond acceptors (Lipinski definition) is 2. The van der Waals surface area contributed by atoms with E-state index in [9.17, 15) is 4.79 Å². The number of allylic oxidation sites excluding steroid dienone is 2. The molecule has 0 aliphatic rings. The van der Waals surface area contributed by atoms with Crippen LogP contribution in [0.15, 0.2) is 66.4 Å². The summed E-state index contributed by atoms with van der Waals surface area (Å²) in [5.74, 6) is 0.0419. The lowest BCUT2D eigenvalue weighted by Crippen LogP contribution is -1.98. The molecule has 0 saturated heterocycles. The zero-order valence-corrected chi connectivity index (χ0v) is 13.6. The Labute approximate surface area is 136 Å². The molecule has 3 nitrogen and oxygen atoms in total. The Morgan fingerprint density at radius 2 is 1.78 bits per heavy atom. The Hall–Kier alpha value is -2.81. The number of fused-ring (bicyclic) bond motifs is 1. The average molecular weight is 304 g/mol. The highest BCUT2D eigenvalue weighted by Crippen LogP contribution is 2.32. The molecule has 2 aromatic carbocycles. The zero-order chi connectivity index (χ0) is 16.4. The van der Waals surface area contributed by atoms with Gasteiger partial charge in [0.1, 0.15) is 0 Å². The molecule has 0 aliphatic carbocycles. The second kappa shape index (κ2) is 6.13. The lowest BCUT2D eigenvalue weighted by Gasteiger charge is -2.08. The maximum atomic E-state index is 11.2. The Morgan fingerprint density at radius 1 is 1.04 bits per heavy atom. The van der Waals surface area contributed by atoms with Gasteiger partial charge in [0.2, 0.25) is 0 Å². The van der Waals surface area contributed by atoms with Crippen LogP contribution >= 0.6 is 0 Å². The first-order valence-electron chi connectivity index (χ1n) is 7.66. The van der Waals surface area contributed by atoms with Crippen LogP contribution in [0.1, 0.15) is 13.8 Å². The van der Waals surface area contributed by atoms with Crippen LogP contribution in [0.5, 0.6) is 0 Å². The van der Waals surface area contributed by atoms with Crippen molar-refractivity contribution in [2.24, 2.45) is 7.05 Å². The number of anilines is 1. The largest absolute Gasteiger partial charge is 0.358 e. The molecule has 1 N–H and O–H groups in total. The van der Waals surface area contributed by atoms with Gasteiger partial charge in [-0.05, 0) is 43.7 Å². The van der Waals surface area contributed by atoms with Gasteiger partial charge >= 0.3 is 0 Å². The van der Waals surface area contributed by atoms with Gasteiger partial charge in [0.25, 0.3) is 0 Å². The Bertz CT molecular complexity index is 889. The highest BCUT2D eigenvalue weighted by Gasteiger charge is 2.10. The molecule has 0 unspecified atom stereocenters. The third-order valence-corrected chi connectivity index (χ3v) is 3.91. The van der Waals surface area contributed by atoms with Gasteiger partial charge in [0.15, 0.2) is 5.78 Å². The smallest absolute Gasteiger partial charge is 0.154 e. The van der Waals surface area contributed by atoms with E-state index in [0.717, 1.165) is 22.3 Å². The minimum Gasteiger partial charge on any atom is -0.358 e. The SMILES string of the molecule is CC(=O)C=C(C)Nc1cccc2c1cc(-c1ccccc1)n2C. The summed E-state index contributed by atoms with van der Waals surface area (Å²) in [5.41, 5.74) is 5.37. The van der Waals surface area contributed by atoms with Crippen LogP contribution in [-0.4, -0.2) is 10.4 Å². The maximum Gasteiger partial charge on any atom is 0.154 e. The molecular formula is C20H20N2O. The van der Waals surface area contributed by atoms with Crippen LogP contribution in [0.3, 0.4) is 0 Å². The van der Waals surface area contributed by atoms with Crippen molar-refractivity contribution in [3.63, 3.8) is 0 Å². The van der Waals surface area contributed by atoms with Gasteiger partial charge in [-0.3, -0.25) is 4.79 Å². The van der Waals surface area contributed by atoms with Crippen LogP contribution in [0.2, 0.25) is 0 Å². The summed E-state index contributed by atoms with van der Waals surface area (Å²) in [6.45, 7) is 3.46. The van der Waals surface area contributed by atoms with E-state index in [1.165, 1.54) is 11.3 Å². The van der Waals surface area contributed by atoms with Crippen molar-refractivity contribution in [3.8, 4) is 11.3 Å². The Kier molecular flexibility index (Phi) is 4.02. The third kappa shape index (κ3) is 3.04. The number of rotatable bonds is 4. The third-order valence-electron chi connectivity index (χ3n) is 3.91. The summed E-state index contributed by atoms with van der Waals surface area (Å²) in [6, 6.07) is 18.7. The summed E-state index contributed by atoms with van der Waals surface area (Å²) in [6.07, 6.45) is 1.61. The number of aryl methyl sites for hydroxylation is 1. The minimum atomic E-state index is 0.0419. The number of nitrogens with zero attached hydrogens (tertiary/aromatic N) is 1. The first-order chi connectivity index (χ1) is 11.1. The molecule has 0 fully saturated rings. The second-order valence-electron chi connectivity index (χ2n) is 5.76. The molecule has 23 heavy (non-hydrogen) atoms. The zero-order valence-electron chi connectivity index (χ0n) is 13.6. The molecule has 3 aromatic rings. The molecule has 0 amide bonds. The van der Waals surface area contributed by atoms with Crippen molar-refractivity contribution < 1.29 is 4.79 Å². The number of nitrogens with one attached hydrogen (secondary N) is 1. The topological polar surface area (TPSA) is 34.0 Å². The van der Waals surface area contributed by atoms with Crippen LogP contribution in [0.4, 0.5) is 5.69 Å². The van der Waals surface area contributed by atoms with E-state index >= 15 is 0 Å². The molecule has 3 heteroatoms. The van der Waals surface area contributed by atoms with E-state index in [2.05, 4.69) is 41.2 Å². The Morgan fingerprint density at radius 3 is 2.48 bits per heavy atom. The van der Waals surface area contributed by atoms with E-state index in [1.54, 1.807) is 13.0 Å². The molecule has 0 bridgehead atoms. The fourth-order valence-corrected chi connectivity index (χ4v) is 2.91. The first kappa shape index (κ1) is 15.1. The molecule has 0 saturated carbocycles. The van der Waals surface area contributed by atoms with Crippen molar-refractivity contribution >= 4 is 22.4 Å². The molecule has 1 aromatic heterocycles. The van der Waals surface area contributed by atoms with Gasteiger partial charge in [-0.15, -0.1) is 0 Å². The first-order valence-corrected chi connectivity index (χ1v) is 7.66. The molecule has 0 atom stereocenters. The number of ketones is 1. The van der Waals surface area contributed by atoms with Gasteiger partial charge < -0.3 is 9.88 Å². The molecule has 0 spiro atoms. The van der Waals surface area contributed by atoms with Crippen LogP contribution in [0.25, 0.3) is 22.2 Å². The average Bonchev–Trinajstić information content (AvgIpc) is 2.86. The van der Waals surface area contributed by atoms with Crippen molar-refractivity contribution in [2.75, 3.05) is 5.32 Å². The van der Waals surface area contributed by atoms with Gasteiger partial charge in [0, 0.05) is 29.5 Å². The van der Waals surface area contributed by atoms with Crippen molar-refractivity contribution in [1.82, 2.24) is 4.57 Å². The van der Waals surface area contributed by atoms with E-state index in [1.807, 2.05) is 37.3 Å². The summed E-state index contributed by atoms with van der Waals surface area (Å²) >= 11 is 0. The highest BCUT2D eigenvalue weighted by atomic mass is 16.1. The van der Waals surface area contributed by atoms with Crippen LogP contribution in [-0.2, 0) is 11.8 Å². The molecule has 0 radical (unpaired) electrons. The Balaban J connectivity index is 2.10. The number of carbonyl (C=O) groups excluding carboxylic acids is 1. The predicted octanol–water partition coefficient (Wildman–Crippen LogP) is 4.75. The number of hydrogen-bond donors (Lipinski definition) is 1. The summed E-state index contributed by atoms with van der Waals surface area (Å²) in [7, 11) is 2.08. The second-order valence-corrected chi connectivity index (χ2v) is 5.76. The van der Waals surface area contributed by atoms with Crippen LogP contribution in [0, 0.1) is 0 Å². The molecule has 116 valence electrons. The summed E-state index contributed by atoms with van der Waals surface area (Å²) < 4.78 is 2.19. The van der Waals surface area contributed by atoms with Crippen molar-refractivity contribution in [3.05, 3.63) is 66.4 Å². The molecule has 1 heterocycles. The molecule has 0 aliphatic heterocycles. The molecule has 3 rings (SSSR count). The van der Waals surface area contributed by atoms with E-state index in [-0.39, 0.29) is 5.78 Å². The van der Waals surface area contributed by atoms with E-state index in [4.69, 9.17) is 0 Å². The highest BCUT2D eigenvalue weighted by molar-refractivity contribution is 5.97. The fourth-order valence-electron chi connectivity index (χ4n) is 2.91. The monoisotopic (exact) mass is 304 g/mol. The van der Waals surface area contributed by atoms with Gasteiger partial charge in [-0.1, -0.05) is 36.4 Å². The maximum absolute atomic E-state index is 11.2. The van der Waals surface area contributed by atoms with Gasteiger partial charge in [-0.2, -0.15) is 0 Å². The standard InChI is InChI=1S/C20H20N2O/c1-14(12-15(2)23)21-18-10-7-11-19-17(18)13-20(22(19)3)16-8-5-4-6-9-16/h4-13,21H,1-3H3. The quantitative estimate of drug-likeness (QED) is 0.706. The lowest BCUT2D eigenvalue weighted by molar-refractivity contribution is -0.112. The minimum absolute atomic E-state index is 0.0419. The van der Waals surface area contributed by atoms with Gasteiger partial charge in [0.05, 0.1) is 5.52 Å². The number of aromatic nitrogens is 1. The predicted molar refractivity (Wildman–Crippen MR) is 96.4 cm³/mol. The van der Waals surface area contributed by atoms with Crippen molar-refractivity contribution in [1.29, 1.82) is 0 Å². The van der Waals surface area contributed by atoms with Crippen molar-refractivity contribution in [2.45, 2.75) is 13.8 Å². The normalized spacial score (nSPS) is 11.7. The number of benzene rings is 2. The van der Waals surface area contributed by atoms with Crippen LogP contribution < -0.4 is 5.32 Å².